The van der Waals surface area contributed by atoms with E-state index in [0.717, 1.165) is 12.0 Å². The summed E-state index contributed by atoms with van der Waals surface area (Å²) < 4.78 is 26.6. The lowest BCUT2D eigenvalue weighted by Crippen LogP contribution is -2.16. The maximum Gasteiger partial charge on any atom is 0.248 e. The third-order valence-electron chi connectivity index (χ3n) is 2.52. The SMILES string of the molecule is CCCCC(F)(F)CCc1ccccc1. The van der Waals surface area contributed by atoms with Gasteiger partial charge < -0.3 is 0 Å². The number of hydrogen-bond donors (Lipinski definition) is 0. The summed E-state index contributed by atoms with van der Waals surface area (Å²) >= 11 is 0. The van der Waals surface area contributed by atoms with E-state index >= 15 is 0 Å². The summed E-state index contributed by atoms with van der Waals surface area (Å²) in [6.45, 7) is 1.94. The quantitative estimate of drug-likeness (QED) is 0.653. The number of rotatable bonds is 6. The second-order valence-electron chi connectivity index (χ2n) is 3.95. The number of halogens is 2. The standard InChI is InChI=1S/C13H18F2/c1-2-3-10-13(14,15)11-9-12-7-5-4-6-8-12/h4-8H,2-3,9-11H2,1H3. The van der Waals surface area contributed by atoms with Crippen LogP contribution in [0.25, 0.3) is 0 Å². The summed E-state index contributed by atoms with van der Waals surface area (Å²) in [4.78, 5) is 0. The highest BCUT2D eigenvalue weighted by molar-refractivity contribution is 5.14. The van der Waals surface area contributed by atoms with Crippen LogP contribution in [-0.2, 0) is 6.42 Å². The molecule has 0 bridgehead atoms. The van der Waals surface area contributed by atoms with Crippen LogP contribution in [0.4, 0.5) is 8.78 Å². The van der Waals surface area contributed by atoms with Crippen molar-refractivity contribution in [2.24, 2.45) is 0 Å². The maximum atomic E-state index is 13.3. The number of aryl methyl sites for hydroxylation is 1. The van der Waals surface area contributed by atoms with Crippen LogP contribution < -0.4 is 0 Å². The van der Waals surface area contributed by atoms with E-state index in [0.29, 0.717) is 12.8 Å². The lowest BCUT2D eigenvalue weighted by molar-refractivity contribution is -0.0177. The second kappa shape index (κ2) is 5.84. The van der Waals surface area contributed by atoms with Gasteiger partial charge in [0.25, 0.3) is 0 Å². The molecule has 1 rings (SSSR count). The lowest BCUT2D eigenvalue weighted by Gasteiger charge is -2.15. The van der Waals surface area contributed by atoms with Crippen molar-refractivity contribution in [1.29, 1.82) is 0 Å². The first kappa shape index (κ1) is 12.2. The summed E-state index contributed by atoms with van der Waals surface area (Å²) in [5.41, 5.74) is 0.994. The fraction of sp³-hybridized carbons (Fsp3) is 0.538. The molecule has 1 aromatic rings. The maximum absolute atomic E-state index is 13.3. The molecule has 0 aromatic heterocycles. The molecular weight excluding hydrogens is 194 g/mol. The van der Waals surface area contributed by atoms with Gasteiger partial charge in [-0.1, -0.05) is 43.7 Å². The van der Waals surface area contributed by atoms with Crippen molar-refractivity contribution in [3.63, 3.8) is 0 Å². The molecule has 0 aliphatic heterocycles. The minimum atomic E-state index is -2.49. The highest BCUT2D eigenvalue weighted by Gasteiger charge is 2.27. The van der Waals surface area contributed by atoms with Gasteiger partial charge in [0.1, 0.15) is 0 Å². The third-order valence-corrected chi connectivity index (χ3v) is 2.52. The Labute approximate surface area is 90.3 Å². The topological polar surface area (TPSA) is 0 Å². The number of benzene rings is 1. The van der Waals surface area contributed by atoms with E-state index in [1.807, 2.05) is 37.3 Å². The van der Waals surface area contributed by atoms with Gasteiger partial charge in [-0.05, 0) is 18.4 Å². The van der Waals surface area contributed by atoms with Crippen molar-refractivity contribution in [3.05, 3.63) is 35.9 Å². The van der Waals surface area contributed by atoms with E-state index in [9.17, 15) is 8.78 Å². The molecule has 0 saturated heterocycles. The van der Waals surface area contributed by atoms with Crippen LogP contribution >= 0.6 is 0 Å². The molecule has 0 spiro atoms. The predicted octanol–water partition coefficient (Wildman–Crippen LogP) is 4.44. The number of alkyl halides is 2. The fourth-order valence-electron chi connectivity index (χ4n) is 1.53. The molecule has 1 aromatic carbocycles. The van der Waals surface area contributed by atoms with Crippen LogP contribution in [0.3, 0.4) is 0 Å². The summed E-state index contributed by atoms with van der Waals surface area (Å²) in [5.74, 6) is -2.49. The first-order valence-electron chi connectivity index (χ1n) is 5.56. The number of hydrogen-bond acceptors (Lipinski definition) is 0. The first-order valence-corrected chi connectivity index (χ1v) is 5.56. The van der Waals surface area contributed by atoms with Gasteiger partial charge in [-0.25, -0.2) is 8.78 Å². The zero-order valence-corrected chi connectivity index (χ0v) is 9.18. The summed E-state index contributed by atoms with van der Waals surface area (Å²) in [5, 5.41) is 0. The molecule has 0 saturated carbocycles. The van der Waals surface area contributed by atoms with Crippen LogP contribution in [0, 0.1) is 0 Å². The Morgan fingerprint density at radius 1 is 1.07 bits per heavy atom. The molecular formula is C13H18F2. The monoisotopic (exact) mass is 212 g/mol. The van der Waals surface area contributed by atoms with Crippen molar-refractivity contribution in [1.82, 2.24) is 0 Å². The predicted molar refractivity (Wildman–Crippen MR) is 59.2 cm³/mol. The van der Waals surface area contributed by atoms with Gasteiger partial charge in [0.2, 0.25) is 5.92 Å². The van der Waals surface area contributed by atoms with Gasteiger partial charge in [-0.3, -0.25) is 0 Å². The summed E-state index contributed by atoms with van der Waals surface area (Å²) in [6.07, 6.45) is 1.91. The van der Waals surface area contributed by atoms with Crippen molar-refractivity contribution in [3.8, 4) is 0 Å². The van der Waals surface area contributed by atoms with Crippen molar-refractivity contribution in [2.45, 2.75) is 45.0 Å². The number of unbranched alkanes of at least 4 members (excludes halogenated alkanes) is 1. The Morgan fingerprint density at radius 3 is 2.33 bits per heavy atom. The minimum absolute atomic E-state index is 0.0241. The van der Waals surface area contributed by atoms with E-state index in [-0.39, 0.29) is 12.8 Å². The van der Waals surface area contributed by atoms with Crippen molar-refractivity contribution >= 4 is 0 Å². The van der Waals surface area contributed by atoms with Gasteiger partial charge in [0.05, 0.1) is 0 Å². The summed E-state index contributed by atoms with van der Waals surface area (Å²) in [6, 6.07) is 9.48. The lowest BCUT2D eigenvalue weighted by atomic mass is 10.0. The molecule has 0 aliphatic rings. The van der Waals surface area contributed by atoms with Crippen LogP contribution in [0.2, 0.25) is 0 Å². The van der Waals surface area contributed by atoms with Gasteiger partial charge in [-0.15, -0.1) is 0 Å². The van der Waals surface area contributed by atoms with E-state index in [1.165, 1.54) is 0 Å². The normalized spacial score (nSPS) is 11.7. The molecule has 2 heteroatoms. The summed E-state index contributed by atoms with van der Waals surface area (Å²) in [7, 11) is 0. The molecule has 0 nitrogen and oxygen atoms in total. The Balaban J connectivity index is 2.35. The average molecular weight is 212 g/mol. The molecule has 15 heavy (non-hydrogen) atoms. The highest BCUT2D eigenvalue weighted by Crippen LogP contribution is 2.26. The van der Waals surface area contributed by atoms with E-state index in [2.05, 4.69) is 0 Å². The second-order valence-corrected chi connectivity index (χ2v) is 3.95. The van der Waals surface area contributed by atoms with Crippen LogP contribution in [0.5, 0.6) is 0 Å². The van der Waals surface area contributed by atoms with E-state index < -0.39 is 5.92 Å². The van der Waals surface area contributed by atoms with Gasteiger partial charge >= 0.3 is 0 Å². The molecule has 0 heterocycles. The van der Waals surface area contributed by atoms with Gasteiger partial charge in [0, 0.05) is 12.8 Å². The first-order chi connectivity index (χ1) is 7.14. The molecule has 0 N–H and O–H groups in total. The zero-order chi connectivity index (χ0) is 11.1. The van der Waals surface area contributed by atoms with Gasteiger partial charge in [0.15, 0.2) is 0 Å². The van der Waals surface area contributed by atoms with Gasteiger partial charge in [-0.2, -0.15) is 0 Å². The molecule has 0 amide bonds. The van der Waals surface area contributed by atoms with Crippen LogP contribution in [-0.4, -0.2) is 5.92 Å². The average Bonchev–Trinajstić information content (AvgIpc) is 2.25. The molecule has 0 aliphatic carbocycles. The highest BCUT2D eigenvalue weighted by atomic mass is 19.3. The molecule has 84 valence electrons. The Bertz CT molecular complexity index is 267. The molecule has 0 atom stereocenters. The molecule has 0 unspecified atom stereocenters. The zero-order valence-electron chi connectivity index (χ0n) is 9.18. The van der Waals surface area contributed by atoms with E-state index in [1.54, 1.807) is 0 Å². The minimum Gasteiger partial charge on any atom is -0.207 e. The van der Waals surface area contributed by atoms with E-state index in [4.69, 9.17) is 0 Å². The molecule has 0 radical (unpaired) electrons. The fourth-order valence-corrected chi connectivity index (χ4v) is 1.53. The molecule has 0 fully saturated rings. The van der Waals surface area contributed by atoms with Crippen molar-refractivity contribution < 1.29 is 8.78 Å². The van der Waals surface area contributed by atoms with Crippen LogP contribution in [0.15, 0.2) is 30.3 Å². The van der Waals surface area contributed by atoms with Crippen LogP contribution in [0.1, 0.15) is 38.2 Å². The third kappa shape index (κ3) is 4.91. The Hall–Kier alpha value is -0.920. The van der Waals surface area contributed by atoms with Crippen molar-refractivity contribution in [2.75, 3.05) is 0 Å². The Kier molecular flexibility index (Phi) is 4.73. The smallest absolute Gasteiger partial charge is 0.207 e. The Morgan fingerprint density at radius 2 is 1.73 bits per heavy atom. The largest absolute Gasteiger partial charge is 0.248 e.